The van der Waals surface area contributed by atoms with Crippen molar-refractivity contribution in [3.8, 4) is 0 Å². The van der Waals surface area contributed by atoms with Crippen molar-refractivity contribution in [1.29, 1.82) is 0 Å². The first-order chi connectivity index (χ1) is 11.3. The van der Waals surface area contributed by atoms with Crippen LogP contribution in [-0.2, 0) is 6.54 Å². The number of carbonyl (C=O) groups is 1. The van der Waals surface area contributed by atoms with Gasteiger partial charge in [0, 0.05) is 36.1 Å². The zero-order valence-electron chi connectivity index (χ0n) is 13.8. The SMILES string of the molecule is Cc1cc(C)c2cc(C(=O)N(C)Cc3ccc(F)cc3F)[nH]c2c1. The number of hydrogen-bond donors (Lipinski definition) is 1. The minimum atomic E-state index is -0.655. The van der Waals surface area contributed by atoms with Crippen LogP contribution in [0.5, 0.6) is 0 Å². The zero-order chi connectivity index (χ0) is 17.4. The van der Waals surface area contributed by atoms with Crippen LogP contribution in [0.25, 0.3) is 10.9 Å². The molecule has 0 aliphatic rings. The minimum Gasteiger partial charge on any atom is -0.351 e. The number of halogens is 2. The van der Waals surface area contributed by atoms with Crippen LogP contribution < -0.4 is 0 Å². The number of nitrogens with one attached hydrogen (secondary N) is 1. The smallest absolute Gasteiger partial charge is 0.270 e. The van der Waals surface area contributed by atoms with Crippen LogP contribution in [0.3, 0.4) is 0 Å². The molecule has 0 spiro atoms. The third kappa shape index (κ3) is 3.02. The molecule has 0 fully saturated rings. The van der Waals surface area contributed by atoms with E-state index in [1.54, 1.807) is 7.05 Å². The summed E-state index contributed by atoms with van der Waals surface area (Å²) in [6.45, 7) is 4.06. The van der Waals surface area contributed by atoms with Crippen molar-refractivity contribution in [3.63, 3.8) is 0 Å². The van der Waals surface area contributed by atoms with Gasteiger partial charge in [0.1, 0.15) is 17.3 Å². The van der Waals surface area contributed by atoms with Gasteiger partial charge in [-0.25, -0.2) is 8.78 Å². The Bertz CT molecular complexity index is 931. The molecule has 0 unspecified atom stereocenters. The summed E-state index contributed by atoms with van der Waals surface area (Å²) < 4.78 is 26.7. The lowest BCUT2D eigenvalue weighted by Crippen LogP contribution is -2.26. The number of rotatable bonds is 3. The lowest BCUT2D eigenvalue weighted by atomic mass is 10.1. The molecular formula is C19H18F2N2O. The van der Waals surface area contributed by atoms with Gasteiger partial charge in [0.05, 0.1) is 0 Å². The molecule has 0 saturated carbocycles. The topological polar surface area (TPSA) is 36.1 Å². The largest absolute Gasteiger partial charge is 0.351 e. The van der Waals surface area contributed by atoms with Crippen molar-refractivity contribution in [2.75, 3.05) is 7.05 Å². The quantitative estimate of drug-likeness (QED) is 0.763. The Morgan fingerprint density at radius 3 is 2.58 bits per heavy atom. The van der Waals surface area contributed by atoms with Gasteiger partial charge in [-0.1, -0.05) is 12.1 Å². The third-order valence-corrected chi connectivity index (χ3v) is 4.09. The van der Waals surface area contributed by atoms with E-state index in [-0.39, 0.29) is 18.0 Å². The molecule has 0 radical (unpaired) electrons. The van der Waals surface area contributed by atoms with E-state index in [1.807, 2.05) is 26.0 Å². The molecule has 1 N–H and O–H groups in total. The van der Waals surface area contributed by atoms with Crippen molar-refractivity contribution in [2.45, 2.75) is 20.4 Å². The predicted molar refractivity (Wildman–Crippen MR) is 89.9 cm³/mol. The van der Waals surface area contributed by atoms with E-state index in [4.69, 9.17) is 0 Å². The molecule has 0 bridgehead atoms. The van der Waals surface area contributed by atoms with Gasteiger partial charge in [0.25, 0.3) is 5.91 Å². The van der Waals surface area contributed by atoms with E-state index >= 15 is 0 Å². The Hall–Kier alpha value is -2.69. The maximum Gasteiger partial charge on any atom is 0.270 e. The Labute approximate surface area is 138 Å². The molecule has 0 aliphatic carbocycles. The van der Waals surface area contributed by atoms with Crippen LogP contribution in [0.1, 0.15) is 27.2 Å². The molecule has 0 aliphatic heterocycles. The molecule has 1 aromatic heterocycles. The normalized spacial score (nSPS) is 11.0. The highest BCUT2D eigenvalue weighted by Crippen LogP contribution is 2.22. The first kappa shape index (κ1) is 16.2. The Kier molecular flexibility index (Phi) is 4.09. The number of H-pyrrole nitrogens is 1. The van der Waals surface area contributed by atoms with Crippen molar-refractivity contribution in [3.05, 3.63) is 70.4 Å². The average Bonchev–Trinajstić information content (AvgIpc) is 2.93. The van der Waals surface area contributed by atoms with Crippen molar-refractivity contribution in [2.24, 2.45) is 0 Å². The van der Waals surface area contributed by atoms with Crippen molar-refractivity contribution in [1.82, 2.24) is 9.88 Å². The number of aryl methyl sites for hydroxylation is 2. The molecule has 3 nitrogen and oxygen atoms in total. The second kappa shape index (κ2) is 6.07. The molecule has 3 aromatic rings. The fourth-order valence-corrected chi connectivity index (χ4v) is 2.90. The summed E-state index contributed by atoms with van der Waals surface area (Å²) in [4.78, 5) is 17.1. The van der Waals surface area contributed by atoms with E-state index < -0.39 is 11.6 Å². The Morgan fingerprint density at radius 2 is 1.88 bits per heavy atom. The van der Waals surface area contributed by atoms with Crippen LogP contribution in [-0.4, -0.2) is 22.8 Å². The number of carbonyl (C=O) groups excluding carboxylic acids is 1. The van der Waals surface area contributed by atoms with Crippen LogP contribution >= 0.6 is 0 Å². The minimum absolute atomic E-state index is 0.0678. The van der Waals surface area contributed by atoms with Gasteiger partial charge in [0.15, 0.2) is 0 Å². The summed E-state index contributed by atoms with van der Waals surface area (Å²) >= 11 is 0. The average molecular weight is 328 g/mol. The number of benzene rings is 2. The molecule has 1 amide bonds. The van der Waals surface area contributed by atoms with Crippen molar-refractivity contribution >= 4 is 16.8 Å². The number of aromatic nitrogens is 1. The highest BCUT2D eigenvalue weighted by atomic mass is 19.1. The summed E-state index contributed by atoms with van der Waals surface area (Å²) in [7, 11) is 1.59. The third-order valence-electron chi connectivity index (χ3n) is 4.09. The first-order valence-electron chi connectivity index (χ1n) is 7.64. The second-order valence-electron chi connectivity index (χ2n) is 6.12. The second-order valence-corrected chi connectivity index (χ2v) is 6.12. The van der Waals surface area contributed by atoms with Gasteiger partial charge < -0.3 is 9.88 Å². The van der Waals surface area contributed by atoms with E-state index in [1.165, 1.54) is 17.0 Å². The molecule has 24 heavy (non-hydrogen) atoms. The Morgan fingerprint density at radius 1 is 1.12 bits per heavy atom. The number of hydrogen-bond acceptors (Lipinski definition) is 1. The van der Waals surface area contributed by atoms with E-state index in [0.29, 0.717) is 5.69 Å². The molecule has 0 saturated heterocycles. The standard InChI is InChI=1S/C19H18F2N2O/c1-11-6-12(2)15-9-18(22-17(15)7-11)19(24)23(3)10-13-4-5-14(20)8-16(13)21/h4-9,22H,10H2,1-3H3. The fourth-order valence-electron chi connectivity index (χ4n) is 2.90. The van der Waals surface area contributed by atoms with E-state index in [0.717, 1.165) is 28.1 Å². The molecule has 0 atom stereocenters. The monoisotopic (exact) mass is 328 g/mol. The van der Waals surface area contributed by atoms with Crippen LogP contribution in [0.15, 0.2) is 36.4 Å². The highest BCUT2D eigenvalue weighted by molar-refractivity contribution is 5.98. The van der Waals surface area contributed by atoms with Gasteiger partial charge in [-0.05, 0) is 43.2 Å². The summed E-state index contributed by atoms with van der Waals surface area (Å²) in [5.41, 5.74) is 3.83. The lowest BCUT2D eigenvalue weighted by molar-refractivity contribution is 0.0779. The maximum atomic E-state index is 13.8. The molecule has 5 heteroatoms. The summed E-state index contributed by atoms with van der Waals surface area (Å²) in [6, 6.07) is 9.21. The molecular weight excluding hydrogens is 310 g/mol. The van der Waals surface area contributed by atoms with Crippen LogP contribution in [0.4, 0.5) is 8.78 Å². The predicted octanol–water partition coefficient (Wildman–Crippen LogP) is 4.34. The summed E-state index contributed by atoms with van der Waals surface area (Å²) in [5.74, 6) is -1.53. The fraction of sp³-hybridized carbons (Fsp3) is 0.211. The highest BCUT2D eigenvalue weighted by Gasteiger charge is 2.17. The lowest BCUT2D eigenvalue weighted by Gasteiger charge is -2.16. The number of fused-ring (bicyclic) bond motifs is 1. The van der Waals surface area contributed by atoms with Gasteiger partial charge in [0.2, 0.25) is 0 Å². The van der Waals surface area contributed by atoms with Gasteiger partial charge in [-0.15, -0.1) is 0 Å². The number of amides is 1. The molecule has 3 rings (SSSR count). The zero-order valence-corrected chi connectivity index (χ0v) is 13.8. The number of nitrogens with zero attached hydrogens (tertiary/aromatic N) is 1. The van der Waals surface area contributed by atoms with Crippen molar-refractivity contribution < 1.29 is 13.6 Å². The maximum absolute atomic E-state index is 13.8. The van der Waals surface area contributed by atoms with E-state index in [2.05, 4.69) is 11.1 Å². The summed E-state index contributed by atoms with van der Waals surface area (Å²) in [6.07, 6.45) is 0. The van der Waals surface area contributed by atoms with Crippen LogP contribution in [0, 0.1) is 25.5 Å². The Balaban J connectivity index is 1.86. The van der Waals surface area contributed by atoms with Gasteiger partial charge in [-0.3, -0.25) is 4.79 Å². The molecule has 2 aromatic carbocycles. The van der Waals surface area contributed by atoms with Crippen LogP contribution in [0.2, 0.25) is 0 Å². The first-order valence-corrected chi connectivity index (χ1v) is 7.64. The molecule has 1 heterocycles. The van der Waals surface area contributed by atoms with E-state index in [9.17, 15) is 13.6 Å². The van der Waals surface area contributed by atoms with Gasteiger partial charge >= 0.3 is 0 Å². The number of aromatic amines is 1. The summed E-state index contributed by atoms with van der Waals surface area (Å²) in [5, 5.41) is 0.991. The van der Waals surface area contributed by atoms with Gasteiger partial charge in [-0.2, -0.15) is 0 Å². The molecule has 124 valence electrons.